The van der Waals surface area contributed by atoms with Crippen LogP contribution in [0.2, 0.25) is 0 Å². The van der Waals surface area contributed by atoms with E-state index in [-0.39, 0.29) is 13.1 Å². The Bertz CT molecular complexity index is 1010. The number of cyclic esters (lactones) is 1. The van der Waals surface area contributed by atoms with Gasteiger partial charge in [0.2, 0.25) is 6.41 Å². The summed E-state index contributed by atoms with van der Waals surface area (Å²) < 4.78 is 20.1. The van der Waals surface area contributed by atoms with Crippen molar-refractivity contribution >= 4 is 18.2 Å². The molecule has 3 aromatic rings. The van der Waals surface area contributed by atoms with Crippen LogP contribution in [0, 0.1) is 5.82 Å². The van der Waals surface area contributed by atoms with Crippen molar-refractivity contribution in [2.75, 3.05) is 18.0 Å². The monoisotopic (exact) mass is 381 g/mol. The summed E-state index contributed by atoms with van der Waals surface area (Å²) in [6.45, 7) is 0.426. The minimum atomic E-state index is -0.583. The van der Waals surface area contributed by atoms with Gasteiger partial charge in [-0.25, -0.2) is 9.18 Å². The zero-order valence-corrected chi connectivity index (χ0v) is 14.6. The molecule has 8 nitrogen and oxygen atoms in total. The maximum atomic E-state index is 14.9. The maximum absolute atomic E-state index is 14.9. The van der Waals surface area contributed by atoms with Crippen molar-refractivity contribution in [2.24, 2.45) is 0 Å². The number of nitrogens with zero attached hydrogens (tertiary/aromatic N) is 3. The van der Waals surface area contributed by atoms with E-state index >= 15 is 0 Å². The number of nitrogens with one attached hydrogen (secondary N) is 2. The Labute approximate surface area is 159 Å². The van der Waals surface area contributed by atoms with Gasteiger partial charge in [0.1, 0.15) is 11.9 Å². The van der Waals surface area contributed by atoms with E-state index in [0.717, 1.165) is 0 Å². The number of halogens is 1. The average Bonchev–Trinajstić information content (AvgIpc) is 3.33. The fraction of sp³-hybridized carbons (Fsp3) is 0.158. The highest BCUT2D eigenvalue weighted by Gasteiger charge is 2.32. The lowest BCUT2D eigenvalue weighted by Crippen LogP contribution is -2.30. The van der Waals surface area contributed by atoms with Gasteiger partial charge in [-0.1, -0.05) is 6.07 Å². The molecule has 142 valence electrons. The number of aromatic nitrogens is 3. The second kappa shape index (κ2) is 7.47. The smallest absolute Gasteiger partial charge is 0.414 e. The molecule has 2 N–H and O–H groups in total. The number of carbonyl (C=O) groups is 2. The predicted octanol–water partition coefficient (Wildman–Crippen LogP) is 2.35. The van der Waals surface area contributed by atoms with Crippen LogP contribution >= 0.6 is 0 Å². The molecule has 3 heterocycles. The lowest BCUT2D eigenvalue weighted by Gasteiger charge is -2.14. The quantitative estimate of drug-likeness (QED) is 0.639. The van der Waals surface area contributed by atoms with Crippen LogP contribution in [0.25, 0.3) is 22.5 Å². The Morgan fingerprint density at radius 2 is 2.21 bits per heavy atom. The number of benzene rings is 1. The van der Waals surface area contributed by atoms with Crippen LogP contribution in [0.3, 0.4) is 0 Å². The summed E-state index contributed by atoms with van der Waals surface area (Å²) in [5, 5.41) is 9.30. The molecule has 0 saturated carbocycles. The summed E-state index contributed by atoms with van der Waals surface area (Å²) >= 11 is 0. The molecular formula is C19H16FN5O3. The average molecular weight is 381 g/mol. The summed E-state index contributed by atoms with van der Waals surface area (Å²) in [6.07, 6.45) is 2.71. The molecule has 1 unspecified atom stereocenters. The number of hydrogen-bond acceptors (Lipinski definition) is 5. The van der Waals surface area contributed by atoms with Crippen LogP contribution in [0.1, 0.15) is 0 Å². The largest absolute Gasteiger partial charge is 0.442 e. The summed E-state index contributed by atoms with van der Waals surface area (Å²) in [7, 11) is 0. The van der Waals surface area contributed by atoms with E-state index in [1.807, 2.05) is 12.1 Å². The van der Waals surface area contributed by atoms with Crippen LogP contribution in [0.4, 0.5) is 14.9 Å². The maximum Gasteiger partial charge on any atom is 0.414 e. The molecule has 1 aliphatic heterocycles. The number of ether oxygens (including phenoxy) is 1. The van der Waals surface area contributed by atoms with Gasteiger partial charge < -0.3 is 10.1 Å². The SMILES string of the molecule is O=CNCC1CN(c2ccc(-c3[nH]ncc3-c3ccccn3)c(F)c2)C(=O)O1. The summed E-state index contributed by atoms with van der Waals surface area (Å²) in [5.41, 5.74) is 2.53. The van der Waals surface area contributed by atoms with Gasteiger partial charge in [-0.15, -0.1) is 0 Å². The van der Waals surface area contributed by atoms with E-state index < -0.39 is 18.0 Å². The molecule has 4 rings (SSSR count). The van der Waals surface area contributed by atoms with E-state index in [1.54, 1.807) is 30.6 Å². The third-order valence-electron chi connectivity index (χ3n) is 4.42. The van der Waals surface area contributed by atoms with Crippen molar-refractivity contribution in [3.63, 3.8) is 0 Å². The van der Waals surface area contributed by atoms with Crippen molar-refractivity contribution in [1.29, 1.82) is 0 Å². The van der Waals surface area contributed by atoms with Crippen molar-refractivity contribution in [1.82, 2.24) is 20.5 Å². The second-order valence-corrected chi connectivity index (χ2v) is 6.18. The normalized spacial score (nSPS) is 16.1. The molecule has 2 amide bonds. The topological polar surface area (TPSA) is 100 Å². The lowest BCUT2D eigenvalue weighted by molar-refractivity contribution is -0.109. The fourth-order valence-corrected chi connectivity index (χ4v) is 3.10. The molecular weight excluding hydrogens is 365 g/mol. The Kier molecular flexibility index (Phi) is 4.71. The van der Waals surface area contributed by atoms with Crippen molar-refractivity contribution in [3.05, 3.63) is 54.6 Å². The Morgan fingerprint density at radius 1 is 1.32 bits per heavy atom. The zero-order chi connectivity index (χ0) is 19.5. The first-order valence-corrected chi connectivity index (χ1v) is 8.57. The van der Waals surface area contributed by atoms with Gasteiger partial charge in [0.15, 0.2) is 0 Å². The molecule has 1 saturated heterocycles. The minimum Gasteiger partial charge on any atom is -0.442 e. The van der Waals surface area contributed by atoms with Gasteiger partial charge in [-0.3, -0.25) is 19.8 Å². The van der Waals surface area contributed by atoms with E-state index in [9.17, 15) is 14.0 Å². The van der Waals surface area contributed by atoms with Gasteiger partial charge in [0, 0.05) is 17.3 Å². The Morgan fingerprint density at radius 3 is 2.96 bits per heavy atom. The first kappa shape index (κ1) is 17.7. The Hall–Kier alpha value is -3.75. The summed E-state index contributed by atoms with van der Waals surface area (Å²) in [5.74, 6) is -0.513. The van der Waals surface area contributed by atoms with Gasteiger partial charge in [-0.05, 0) is 30.3 Å². The molecule has 1 atom stereocenters. The first-order chi connectivity index (χ1) is 13.7. The second-order valence-electron chi connectivity index (χ2n) is 6.18. The number of anilines is 1. The molecule has 1 aliphatic rings. The number of aromatic amines is 1. The highest BCUT2D eigenvalue weighted by molar-refractivity contribution is 5.90. The molecule has 0 aliphatic carbocycles. The number of rotatable bonds is 6. The molecule has 0 spiro atoms. The van der Waals surface area contributed by atoms with E-state index in [0.29, 0.717) is 34.6 Å². The van der Waals surface area contributed by atoms with Crippen LogP contribution in [-0.2, 0) is 9.53 Å². The molecule has 0 radical (unpaired) electrons. The summed E-state index contributed by atoms with van der Waals surface area (Å²) in [4.78, 5) is 28.1. The lowest BCUT2D eigenvalue weighted by atomic mass is 10.0. The minimum absolute atomic E-state index is 0.202. The summed E-state index contributed by atoms with van der Waals surface area (Å²) in [6, 6.07) is 9.94. The van der Waals surface area contributed by atoms with Gasteiger partial charge >= 0.3 is 6.09 Å². The standard InChI is InChI=1S/C19H16FN5O3/c20-16-7-12(25-10-13(8-21-11-26)28-19(25)27)4-5-14(16)18-15(9-23-24-18)17-3-1-2-6-22-17/h1-7,9,11,13H,8,10H2,(H,21,26)(H,23,24). The highest BCUT2D eigenvalue weighted by atomic mass is 19.1. The highest BCUT2D eigenvalue weighted by Crippen LogP contribution is 2.33. The number of H-pyrrole nitrogens is 1. The third-order valence-corrected chi connectivity index (χ3v) is 4.42. The third kappa shape index (κ3) is 3.29. The van der Waals surface area contributed by atoms with Crippen molar-refractivity contribution in [2.45, 2.75) is 6.10 Å². The number of amides is 2. The van der Waals surface area contributed by atoms with Crippen molar-refractivity contribution < 1.29 is 18.7 Å². The number of pyridine rings is 1. The van der Waals surface area contributed by atoms with E-state index in [4.69, 9.17) is 4.74 Å². The number of carbonyl (C=O) groups excluding carboxylic acids is 2. The van der Waals surface area contributed by atoms with E-state index in [1.165, 1.54) is 11.0 Å². The zero-order valence-electron chi connectivity index (χ0n) is 14.6. The number of hydrogen-bond donors (Lipinski definition) is 2. The van der Waals surface area contributed by atoms with Crippen molar-refractivity contribution in [3.8, 4) is 22.5 Å². The first-order valence-electron chi connectivity index (χ1n) is 8.57. The molecule has 2 aromatic heterocycles. The van der Waals surface area contributed by atoms with Crippen LogP contribution in [-0.4, -0.2) is 46.9 Å². The molecule has 0 bridgehead atoms. The fourth-order valence-electron chi connectivity index (χ4n) is 3.10. The van der Waals surface area contributed by atoms with Crippen LogP contribution in [0.5, 0.6) is 0 Å². The van der Waals surface area contributed by atoms with Gasteiger partial charge in [-0.2, -0.15) is 5.10 Å². The molecule has 28 heavy (non-hydrogen) atoms. The van der Waals surface area contributed by atoms with E-state index in [2.05, 4.69) is 20.5 Å². The predicted molar refractivity (Wildman–Crippen MR) is 98.9 cm³/mol. The Balaban J connectivity index is 1.61. The van der Waals surface area contributed by atoms with Gasteiger partial charge in [0.05, 0.1) is 36.4 Å². The van der Waals surface area contributed by atoms with Crippen LogP contribution in [0.15, 0.2) is 48.8 Å². The molecule has 9 heteroatoms. The van der Waals surface area contributed by atoms with Crippen LogP contribution < -0.4 is 10.2 Å². The van der Waals surface area contributed by atoms with Gasteiger partial charge in [0.25, 0.3) is 0 Å². The molecule has 1 aromatic carbocycles. The molecule has 1 fully saturated rings.